The largest absolute Gasteiger partial charge is 0.486 e. The fourth-order valence-electron chi connectivity index (χ4n) is 1.93. The normalized spacial score (nSPS) is 12.6. The Hall–Kier alpha value is -1.61. The van der Waals surface area contributed by atoms with E-state index in [2.05, 4.69) is 24.0 Å². The van der Waals surface area contributed by atoms with Crippen LogP contribution >= 0.6 is 23.1 Å². The molecule has 2 N–H and O–H groups in total. The van der Waals surface area contributed by atoms with Gasteiger partial charge in [-0.05, 0) is 30.3 Å². The highest BCUT2D eigenvalue weighted by Gasteiger charge is 2.12. The molecule has 21 heavy (non-hydrogen) atoms. The van der Waals surface area contributed by atoms with E-state index in [1.54, 1.807) is 23.1 Å². The number of hydrogen-bond donors (Lipinski definition) is 1. The Morgan fingerprint density at radius 1 is 1.14 bits per heavy atom. The number of fused-ring (bicyclic) bond motifs is 1. The van der Waals surface area contributed by atoms with Gasteiger partial charge in [0.05, 0.1) is 11.4 Å². The lowest BCUT2D eigenvalue weighted by atomic mass is 10.3. The van der Waals surface area contributed by atoms with E-state index < -0.39 is 0 Å². The molecule has 0 spiro atoms. The zero-order valence-electron chi connectivity index (χ0n) is 11.4. The van der Waals surface area contributed by atoms with Gasteiger partial charge in [0.2, 0.25) is 0 Å². The zero-order valence-corrected chi connectivity index (χ0v) is 13.1. The third-order valence-electron chi connectivity index (χ3n) is 2.87. The molecule has 0 unspecified atom stereocenters. The lowest BCUT2D eigenvalue weighted by Crippen LogP contribution is -2.15. The standard InChI is InChI=1S/C16H15NO2S2/c17-7-1-2-12-3-4-14(21-12)11-20-13-5-6-15-16(10-13)19-9-8-18-15/h3-6,10H,7-9,11,17H2. The van der Waals surface area contributed by atoms with E-state index in [9.17, 15) is 0 Å². The van der Waals surface area contributed by atoms with Crippen molar-refractivity contribution in [1.82, 2.24) is 0 Å². The number of ether oxygens (including phenoxy) is 2. The van der Waals surface area contributed by atoms with Crippen LogP contribution in [0.25, 0.3) is 0 Å². The lowest BCUT2D eigenvalue weighted by Gasteiger charge is -2.18. The summed E-state index contributed by atoms with van der Waals surface area (Å²) in [4.78, 5) is 3.55. The summed E-state index contributed by atoms with van der Waals surface area (Å²) in [5.41, 5.74) is 5.38. The molecule has 1 aliphatic rings. The second-order valence-corrected chi connectivity index (χ2v) is 6.58. The topological polar surface area (TPSA) is 44.5 Å². The Bertz CT molecular complexity index is 685. The van der Waals surface area contributed by atoms with Crippen molar-refractivity contribution in [2.75, 3.05) is 19.8 Å². The lowest BCUT2D eigenvalue weighted by molar-refractivity contribution is 0.171. The van der Waals surface area contributed by atoms with E-state index in [1.165, 1.54) is 9.77 Å². The van der Waals surface area contributed by atoms with Crippen LogP contribution < -0.4 is 15.2 Å². The van der Waals surface area contributed by atoms with Crippen LogP contribution in [0, 0.1) is 11.8 Å². The van der Waals surface area contributed by atoms with Crippen molar-refractivity contribution < 1.29 is 9.47 Å². The number of benzene rings is 1. The van der Waals surface area contributed by atoms with Gasteiger partial charge in [-0.2, -0.15) is 0 Å². The summed E-state index contributed by atoms with van der Waals surface area (Å²) in [6, 6.07) is 10.3. The van der Waals surface area contributed by atoms with Crippen molar-refractivity contribution in [2.45, 2.75) is 10.6 Å². The first-order valence-corrected chi connectivity index (χ1v) is 8.45. The fourth-order valence-corrected chi connectivity index (χ4v) is 3.78. The van der Waals surface area contributed by atoms with Gasteiger partial charge in [-0.1, -0.05) is 11.8 Å². The summed E-state index contributed by atoms with van der Waals surface area (Å²) in [5, 5.41) is 0. The van der Waals surface area contributed by atoms with Crippen LogP contribution in [0.15, 0.2) is 35.2 Å². The quantitative estimate of drug-likeness (QED) is 0.698. The SMILES string of the molecule is NCC#Cc1ccc(CSc2ccc3c(c2)OCCO3)s1. The van der Waals surface area contributed by atoms with Crippen molar-refractivity contribution in [2.24, 2.45) is 5.73 Å². The molecular weight excluding hydrogens is 302 g/mol. The van der Waals surface area contributed by atoms with E-state index in [4.69, 9.17) is 15.2 Å². The molecule has 1 aliphatic heterocycles. The third kappa shape index (κ3) is 3.73. The molecule has 5 heteroatoms. The monoisotopic (exact) mass is 317 g/mol. The van der Waals surface area contributed by atoms with Gasteiger partial charge in [0.25, 0.3) is 0 Å². The van der Waals surface area contributed by atoms with E-state index in [0.29, 0.717) is 19.8 Å². The van der Waals surface area contributed by atoms with Crippen LogP contribution in [0.4, 0.5) is 0 Å². The number of thioether (sulfide) groups is 1. The molecule has 0 saturated carbocycles. The Balaban J connectivity index is 1.63. The highest BCUT2D eigenvalue weighted by atomic mass is 32.2. The van der Waals surface area contributed by atoms with Crippen molar-refractivity contribution >= 4 is 23.1 Å². The van der Waals surface area contributed by atoms with Gasteiger partial charge in [-0.15, -0.1) is 23.1 Å². The molecule has 0 atom stereocenters. The molecule has 3 nitrogen and oxygen atoms in total. The Morgan fingerprint density at radius 3 is 2.86 bits per heavy atom. The summed E-state index contributed by atoms with van der Waals surface area (Å²) < 4.78 is 11.1. The summed E-state index contributed by atoms with van der Waals surface area (Å²) in [6.07, 6.45) is 0. The summed E-state index contributed by atoms with van der Waals surface area (Å²) in [6.45, 7) is 1.65. The van der Waals surface area contributed by atoms with Crippen molar-refractivity contribution in [3.05, 3.63) is 40.1 Å². The van der Waals surface area contributed by atoms with E-state index in [-0.39, 0.29) is 0 Å². The maximum absolute atomic E-state index is 5.60. The average molecular weight is 317 g/mol. The van der Waals surface area contributed by atoms with Crippen LogP contribution in [-0.2, 0) is 5.75 Å². The smallest absolute Gasteiger partial charge is 0.162 e. The van der Waals surface area contributed by atoms with Crippen LogP contribution in [0.3, 0.4) is 0 Å². The third-order valence-corrected chi connectivity index (χ3v) is 5.10. The number of thiophene rings is 1. The zero-order chi connectivity index (χ0) is 14.5. The van der Waals surface area contributed by atoms with Crippen LogP contribution in [0.1, 0.15) is 9.75 Å². The first kappa shape index (κ1) is 14.3. The van der Waals surface area contributed by atoms with Crippen LogP contribution in [-0.4, -0.2) is 19.8 Å². The molecule has 0 bridgehead atoms. The molecule has 0 radical (unpaired) electrons. The first-order chi connectivity index (χ1) is 10.3. The molecule has 1 aromatic heterocycles. The van der Waals surface area contributed by atoms with Crippen molar-refractivity contribution in [3.63, 3.8) is 0 Å². The van der Waals surface area contributed by atoms with Gasteiger partial charge in [-0.3, -0.25) is 0 Å². The maximum Gasteiger partial charge on any atom is 0.162 e. The maximum atomic E-state index is 5.60. The van der Waals surface area contributed by atoms with Crippen LogP contribution in [0.5, 0.6) is 11.5 Å². The van der Waals surface area contributed by atoms with Gasteiger partial charge >= 0.3 is 0 Å². The predicted molar refractivity (Wildman–Crippen MR) is 87.2 cm³/mol. The van der Waals surface area contributed by atoms with Gasteiger partial charge in [0.1, 0.15) is 13.2 Å². The summed E-state index contributed by atoms with van der Waals surface area (Å²) in [7, 11) is 0. The minimum Gasteiger partial charge on any atom is -0.486 e. The van der Waals surface area contributed by atoms with E-state index in [0.717, 1.165) is 22.1 Å². The number of hydrogen-bond acceptors (Lipinski definition) is 5. The van der Waals surface area contributed by atoms with E-state index in [1.807, 2.05) is 18.2 Å². The minimum absolute atomic E-state index is 0.402. The molecule has 0 saturated heterocycles. The number of rotatable bonds is 3. The molecule has 0 fully saturated rings. The molecule has 0 amide bonds. The van der Waals surface area contributed by atoms with E-state index >= 15 is 0 Å². The van der Waals surface area contributed by atoms with Crippen molar-refractivity contribution in [3.8, 4) is 23.3 Å². The molecule has 0 aliphatic carbocycles. The molecule has 1 aromatic carbocycles. The highest BCUT2D eigenvalue weighted by molar-refractivity contribution is 7.98. The predicted octanol–water partition coefficient (Wildman–Crippen LogP) is 3.12. The molecule has 2 aromatic rings. The second-order valence-electron chi connectivity index (χ2n) is 4.37. The fraction of sp³-hybridized carbons (Fsp3) is 0.250. The van der Waals surface area contributed by atoms with Crippen molar-refractivity contribution in [1.29, 1.82) is 0 Å². The Labute approximate surface area is 132 Å². The first-order valence-electron chi connectivity index (χ1n) is 6.65. The van der Waals surface area contributed by atoms with Gasteiger partial charge in [0, 0.05) is 15.5 Å². The molecule has 2 heterocycles. The molecular formula is C16H15NO2S2. The summed E-state index contributed by atoms with van der Waals surface area (Å²) in [5.74, 6) is 8.54. The minimum atomic E-state index is 0.402. The van der Waals surface area contributed by atoms with Gasteiger partial charge in [0.15, 0.2) is 11.5 Å². The molecule has 3 rings (SSSR count). The van der Waals surface area contributed by atoms with Gasteiger partial charge < -0.3 is 15.2 Å². The second kappa shape index (κ2) is 6.90. The Kier molecular flexibility index (Phi) is 4.71. The molecule has 108 valence electrons. The average Bonchev–Trinajstić information content (AvgIpc) is 2.98. The Morgan fingerprint density at radius 2 is 2.00 bits per heavy atom. The highest BCUT2D eigenvalue weighted by Crippen LogP contribution is 2.35. The summed E-state index contributed by atoms with van der Waals surface area (Å²) >= 11 is 3.50. The van der Waals surface area contributed by atoms with Crippen LogP contribution in [0.2, 0.25) is 0 Å². The van der Waals surface area contributed by atoms with Gasteiger partial charge in [-0.25, -0.2) is 0 Å². The number of nitrogens with two attached hydrogens (primary N) is 1.